The zero-order valence-electron chi connectivity index (χ0n) is 10.7. The van der Waals surface area contributed by atoms with Crippen LogP contribution in [0.4, 0.5) is 0 Å². The lowest BCUT2D eigenvalue weighted by atomic mass is 9.97. The molecule has 1 aromatic rings. The maximum atomic E-state index is 2.58. The standard InChI is InChI=1S/C15H23N/c1-4-13-5-7-14(8-6-13)15-9-10-16(11-15)12(2)3/h5-8,12,15H,4,9-11H2,1-3H3. The molecule has 88 valence electrons. The van der Waals surface area contributed by atoms with Crippen LogP contribution in [0.5, 0.6) is 0 Å². The first-order valence-corrected chi connectivity index (χ1v) is 6.53. The summed E-state index contributed by atoms with van der Waals surface area (Å²) in [5.74, 6) is 0.758. The summed E-state index contributed by atoms with van der Waals surface area (Å²) in [5, 5.41) is 0. The molecule has 1 atom stereocenters. The van der Waals surface area contributed by atoms with Crippen molar-refractivity contribution >= 4 is 0 Å². The summed E-state index contributed by atoms with van der Waals surface area (Å²) < 4.78 is 0. The van der Waals surface area contributed by atoms with Crippen LogP contribution in [-0.4, -0.2) is 24.0 Å². The van der Waals surface area contributed by atoms with Crippen molar-refractivity contribution in [2.45, 2.75) is 45.6 Å². The first-order valence-electron chi connectivity index (χ1n) is 6.53. The number of hydrogen-bond donors (Lipinski definition) is 0. The van der Waals surface area contributed by atoms with Gasteiger partial charge in [-0.15, -0.1) is 0 Å². The first kappa shape index (κ1) is 11.7. The Morgan fingerprint density at radius 2 is 1.94 bits per heavy atom. The predicted octanol–water partition coefficient (Wildman–Crippen LogP) is 3.45. The molecule has 1 heterocycles. The molecule has 0 radical (unpaired) electrons. The fourth-order valence-electron chi connectivity index (χ4n) is 2.55. The number of nitrogens with zero attached hydrogens (tertiary/aromatic N) is 1. The fraction of sp³-hybridized carbons (Fsp3) is 0.600. The van der Waals surface area contributed by atoms with Crippen LogP contribution in [0.1, 0.15) is 44.2 Å². The third-order valence-electron chi connectivity index (χ3n) is 3.81. The highest BCUT2D eigenvalue weighted by molar-refractivity contribution is 5.26. The highest BCUT2D eigenvalue weighted by Gasteiger charge is 2.24. The second-order valence-corrected chi connectivity index (χ2v) is 5.17. The molecule has 1 nitrogen and oxygen atoms in total. The minimum Gasteiger partial charge on any atom is -0.300 e. The highest BCUT2D eigenvalue weighted by atomic mass is 15.2. The Kier molecular flexibility index (Phi) is 3.65. The molecule has 2 rings (SSSR count). The second kappa shape index (κ2) is 5.01. The number of likely N-dealkylation sites (tertiary alicyclic amines) is 1. The zero-order valence-corrected chi connectivity index (χ0v) is 10.7. The fourth-order valence-corrected chi connectivity index (χ4v) is 2.55. The summed E-state index contributed by atoms with van der Waals surface area (Å²) in [6.07, 6.45) is 2.46. The van der Waals surface area contributed by atoms with Crippen LogP contribution >= 0.6 is 0 Å². The Morgan fingerprint density at radius 3 is 2.44 bits per heavy atom. The van der Waals surface area contributed by atoms with Gasteiger partial charge in [0.15, 0.2) is 0 Å². The molecule has 0 bridgehead atoms. The van der Waals surface area contributed by atoms with Gasteiger partial charge in [0.1, 0.15) is 0 Å². The van der Waals surface area contributed by atoms with Crippen molar-refractivity contribution in [3.05, 3.63) is 35.4 Å². The molecule has 0 amide bonds. The largest absolute Gasteiger partial charge is 0.300 e. The average molecular weight is 217 g/mol. The first-order chi connectivity index (χ1) is 7.70. The van der Waals surface area contributed by atoms with E-state index in [2.05, 4.69) is 49.9 Å². The lowest BCUT2D eigenvalue weighted by Crippen LogP contribution is -2.27. The number of hydrogen-bond acceptors (Lipinski definition) is 1. The number of benzene rings is 1. The molecule has 1 unspecified atom stereocenters. The molecule has 0 aromatic heterocycles. The minimum atomic E-state index is 0.694. The average Bonchev–Trinajstić information content (AvgIpc) is 2.78. The van der Waals surface area contributed by atoms with Gasteiger partial charge in [0, 0.05) is 12.6 Å². The normalized spacial score (nSPS) is 21.9. The van der Waals surface area contributed by atoms with Crippen molar-refractivity contribution in [2.75, 3.05) is 13.1 Å². The van der Waals surface area contributed by atoms with Crippen LogP contribution < -0.4 is 0 Å². The molecule has 16 heavy (non-hydrogen) atoms. The molecule has 0 N–H and O–H groups in total. The monoisotopic (exact) mass is 217 g/mol. The van der Waals surface area contributed by atoms with Gasteiger partial charge < -0.3 is 4.90 Å². The van der Waals surface area contributed by atoms with E-state index in [-0.39, 0.29) is 0 Å². The van der Waals surface area contributed by atoms with E-state index in [4.69, 9.17) is 0 Å². The molecule has 1 aromatic carbocycles. The van der Waals surface area contributed by atoms with E-state index in [1.165, 1.54) is 30.6 Å². The van der Waals surface area contributed by atoms with E-state index < -0.39 is 0 Å². The van der Waals surface area contributed by atoms with Crippen molar-refractivity contribution in [2.24, 2.45) is 0 Å². The molecular weight excluding hydrogens is 194 g/mol. The van der Waals surface area contributed by atoms with E-state index in [0.29, 0.717) is 6.04 Å². The van der Waals surface area contributed by atoms with E-state index >= 15 is 0 Å². The van der Waals surface area contributed by atoms with Gasteiger partial charge in [-0.25, -0.2) is 0 Å². The van der Waals surface area contributed by atoms with Crippen LogP contribution in [0.2, 0.25) is 0 Å². The Hall–Kier alpha value is -0.820. The van der Waals surface area contributed by atoms with E-state index in [9.17, 15) is 0 Å². The molecule has 0 spiro atoms. The van der Waals surface area contributed by atoms with Gasteiger partial charge >= 0.3 is 0 Å². The van der Waals surface area contributed by atoms with E-state index in [0.717, 1.165) is 12.3 Å². The molecule has 1 fully saturated rings. The summed E-state index contributed by atoms with van der Waals surface area (Å²) in [6.45, 7) is 9.30. The summed E-state index contributed by atoms with van der Waals surface area (Å²) in [6, 6.07) is 9.92. The lowest BCUT2D eigenvalue weighted by Gasteiger charge is -2.20. The lowest BCUT2D eigenvalue weighted by molar-refractivity contribution is 0.272. The van der Waals surface area contributed by atoms with Crippen molar-refractivity contribution in [3.63, 3.8) is 0 Å². The Morgan fingerprint density at radius 1 is 1.25 bits per heavy atom. The topological polar surface area (TPSA) is 3.24 Å². The van der Waals surface area contributed by atoms with Crippen molar-refractivity contribution < 1.29 is 0 Å². The third kappa shape index (κ3) is 2.46. The zero-order chi connectivity index (χ0) is 11.5. The van der Waals surface area contributed by atoms with E-state index in [1.807, 2.05) is 0 Å². The van der Waals surface area contributed by atoms with Gasteiger partial charge in [-0.05, 0) is 50.3 Å². The molecule has 0 aliphatic carbocycles. The Labute approximate surface area is 99.5 Å². The predicted molar refractivity (Wildman–Crippen MR) is 69.9 cm³/mol. The van der Waals surface area contributed by atoms with Gasteiger partial charge in [0.25, 0.3) is 0 Å². The van der Waals surface area contributed by atoms with Crippen LogP contribution in [0, 0.1) is 0 Å². The molecular formula is C15H23N. The quantitative estimate of drug-likeness (QED) is 0.749. The van der Waals surface area contributed by atoms with Crippen LogP contribution in [0.3, 0.4) is 0 Å². The SMILES string of the molecule is CCc1ccc(C2CCN(C(C)C)C2)cc1. The summed E-state index contributed by atoms with van der Waals surface area (Å²) in [7, 11) is 0. The summed E-state index contributed by atoms with van der Waals surface area (Å²) in [5.41, 5.74) is 2.97. The van der Waals surface area contributed by atoms with Gasteiger partial charge in [0.2, 0.25) is 0 Å². The van der Waals surface area contributed by atoms with Crippen LogP contribution in [-0.2, 0) is 6.42 Å². The smallest absolute Gasteiger partial charge is 0.00535 e. The van der Waals surface area contributed by atoms with E-state index in [1.54, 1.807) is 0 Å². The third-order valence-corrected chi connectivity index (χ3v) is 3.81. The molecule has 1 aliphatic heterocycles. The molecule has 1 heteroatoms. The van der Waals surface area contributed by atoms with Crippen molar-refractivity contribution in [1.29, 1.82) is 0 Å². The van der Waals surface area contributed by atoms with Crippen LogP contribution in [0.25, 0.3) is 0 Å². The van der Waals surface area contributed by atoms with Gasteiger partial charge in [-0.3, -0.25) is 0 Å². The van der Waals surface area contributed by atoms with Gasteiger partial charge in [-0.2, -0.15) is 0 Å². The molecule has 1 aliphatic rings. The van der Waals surface area contributed by atoms with Crippen molar-refractivity contribution in [3.8, 4) is 0 Å². The Balaban J connectivity index is 2.03. The van der Waals surface area contributed by atoms with Crippen molar-refractivity contribution in [1.82, 2.24) is 4.90 Å². The molecule has 1 saturated heterocycles. The summed E-state index contributed by atoms with van der Waals surface area (Å²) in [4.78, 5) is 2.58. The van der Waals surface area contributed by atoms with Gasteiger partial charge in [-0.1, -0.05) is 31.2 Å². The Bertz CT molecular complexity index is 326. The number of aryl methyl sites for hydroxylation is 1. The highest BCUT2D eigenvalue weighted by Crippen LogP contribution is 2.28. The summed E-state index contributed by atoms with van der Waals surface area (Å²) >= 11 is 0. The second-order valence-electron chi connectivity index (χ2n) is 5.17. The molecule has 0 saturated carbocycles. The number of rotatable bonds is 3. The maximum absolute atomic E-state index is 2.58. The maximum Gasteiger partial charge on any atom is 0.00535 e. The van der Waals surface area contributed by atoms with Crippen LogP contribution in [0.15, 0.2) is 24.3 Å². The van der Waals surface area contributed by atoms with Gasteiger partial charge in [0.05, 0.1) is 0 Å². The minimum absolute atomic E-state index is 0.694.